The van der Waals surface area contributed by atoms with Crippen molar-refractivity contribution in [2.24, 2.45) is 0 Å². The van der Waals surface area contributed by atoms with Crippen LogP contribution in [-0.4, -0.2) is 18.3 Å². The summed E-state index contributed by atoms with van der Waals surface area (Å²) in [7, 11) is 0. The third-order valence-corrected chi connectivity index (χ3v) is 25.8. The minimum atomic E-state index is 1.16. The molecule has 24 rings (SSSR count). The maximum atomic E-state index is 2.42. The second-order valence-electron chi connectivity index (χ2n) is 29.9. The first kappa shape index (κ1) is 65.5. The van der Waals surface area contributed by atoms with E-state index in [-0.39, 0.29) is 0 Å². The lowest BCUT2D eigenvalue weighted by atomic mass is 9.98. The summed E-state index contributed by atoms with van der Waals surface area (Å²) in [6.45, 7) is 0. The fourth-order valence-corrected chi connectivity index (χ4v) is 20.5. The van der Waals surface area contributed by atoms with Crippen LogP contribution in [0.1, 0.15) is 0 Å². The van der Waals surface area contributed by atoms with E-state index in [0.717, 1.165) is 22.7 Å². The normalized spacial score (nSPS) is 11.9. The number of hydrogen-bond acceptors (Lipinski definition) is 2. The van der Waals surface area contributed by atoms with Gasteiger partial charge in [-0.15, -0.1) is 22.7 Å². The Kier molecular flexibility index (Phi) is 15.3. The van der Waals surface area contributed by atoms with E-state index in [2.05, 4.69) is 431 Å². The molecular formula is C108H68N4S2. The first-order valence-corrected chi connectivity index (χ1v) is 40.6. The average molecular weight is 1490 g/mol. The van der Waals surface area contributed by atoms with E-state index >= 15 is 0 Å². The number of rotatable bonds is 10. The van der Waals surface area contributed by atoms with E-state index in [1.165, 1.54) is 194 Å². The molecular weight excluding hydrogens is 1420 g/mol. The van der Waals surface area contributed by atoms with Gasteiger partial charge in [-0.1, -0.05) is 261 Å². The minimum Gasteiger partial charge on any atom is -0.309 e. The summed E-state index contributed by atoms with van der Waals surface area (Å²) in [6, 6.07) is 151. The molecule has 0 fully saturated rings. The molecule has 0 amide bonds. The van der Waals surface area contributed by atoms with Gasteiger partial charge < -0.3 is 18.3 Å². The molecule has 532 valence electrons. The summed E-state index contributed by atoms with van der Waals surface area (Å²) in [5.41, 5.74) is 29.0. The summed E-state index contributed by atoms with van der Waals surface area (Å²) in [5.74, 6) is 0. The zero-order valence-corrected chi connectivity index (χ0v) is 63.5. The Labute approximate surface area is 665 Å². The maximum Gasteiger partial charge on any atom is 0.0541 e. The summed E-state index contributed by atoms with van der Waals surface area (Å²) in [6.07, 6.45) is 0. The van der Waals surface area contributed by atoms with Gasteiger partial charge in [0.2, 0.25) is 0 Å². The number of fused-ring (bicyclic) bond motifs is 18. The highest BCUT2D eigenvalue weighted by Crippen LogP contribution is 2.46. The minimum absolute atomic E-state index is 1.16. The summed E-state index contributed by atoms with van der Waals surface area (Å²) in [4.78, 5) is 0. The Bertz CT molecular complexity index is 7930. The van der Waals surface area contributed by atoms with E-state index in [1.54, 1.807) is 0 Å². The van der Waals surface area contributed by atoms with E-state index in [4.69, 9.17) is 0 Å². The highest BCUT2D eigenvalue weighted by Gasteiger charge is 2.22. The van der Waals surface area contributed by atoms with Gasteiger partial charge in [-0.2, -0.15) is 0 Å². The highest BCUT2D eigenvalue weighted by atomic mass is 32.1. The molecule has 0 radical (unpaired) electrons. The van der Waals surface area contributed by atoms with Crippen LogP contribution in [0.25, 0.3) is 217 Å². The van der Waals surface area contributed by atoms with Crippen LogP contribution < -0.4 is 0 Å². The third-order valence-electron chi connectivity index (χ3n) is 23.5. The van der Waals surface area contributed by atoms with Crippen molar-refractivity contribution in [3.63, 3.8) is 0 Å². The van der Waals surface area contributed by atoms with Crippen molar-refractivity contribution >= 4 is 150 Å². The van der Waals surface area contributed by atoms with E-state index in [9.17, 15) is 0 Å². The number of para-hydroxylation sites is 4. The van der Waals surface area contributed by atoms with Gasteiger partial charge in [0.25, 0.3) is 0 Å². The van der Waals surface area contributed by atoms with Gasteiger partial charge in [0, 0.05) is 106 Å². The molecule has 0 bridgehead atoms. The smallest absolute Gasteiger partial charge is 0.0541 e. The number of aromatic nitrogens is 4. The first-order chi connectivity index (χ1) is 56.5. The molecule has 0 saturated heterocycles. The van der Waals surface area contributed by atoms with E-state index < -0.39 is 0 Å². The van der Waals surface area contributed by atoms with Gasteiger partial charge in [0.1, 0.15) is 0 Å². The molecule has 18 aromatic carbocycles. The third kappa shape index (κ3) is 10.8. The standard InChI is InChI=1S/2C54H34N2S/c1-3-12-35(13-4-1)36-22-27-41(28-23-36)56-49-20-9-7-16-43(49)46-32-37(24-29-50(46)56)38-25-30-51-47(33-38)48-34-39(26-31-52(48)55(51)40-14-5-2-6-15-40)42-18-11-19-45-44-17-8-10-21-53(44)57-54(42)45;1-3-11-35(12-4-1)36-19-25-42(26-20-36)56-49-17-9-7-15-43(49)46-31-37(22-28-50(46)56)38-23-29-51-47(32-38)48-33-39(24-30-52(48)55(51)41-13-5-2-6-14-41)40-21-27-45-44-16-8-10-18-53(44)57-54(45)34-40/h2*1-34H. The zero-order chi connectivity index (χ0) is 74.9. The Morgan fingerprint density at radius 1 is 0.140 bits per heavy atom. The molecule has 0 aliphatic rings. The lowest BCUT2D eigenvalue weighted by Crippen LogP contribution is -1.94. The van der Waals surface area contributed by atoms with Gasteiger partial charge in [0.15, 0.2) is 0 Å². The molecule has 6 heterocycles. The van der Waals surface area contributed by atoms with Gasteiger partial charge in [0.05, 0.1) is 44.1 Å². The van der Waals surface area contributed by atoms with Crippen LogP contribution >= 0.6 is 22.7 Å². The van der Waals surface area contributed by atoms with Crippen LogP contribution in [0.3, 0.4) is 0 Å². The molecule has 0 unspecified atom stereocenters. The van der Waals surface area contributed by atoms with Crippen molar-refractivity contribution in [1.29, 1.82) is 0 Å². The largest absolute Gasteiger partial charge is 0.309 e. The molecule has 0 atom stereocenters. The molecule has 4 nitrogen and oxygen atoms in total. The average Bonchev–Trinajstić information content (AvgIpc) is 1.57. The molecule has 0 aliphatic heterocycles. The van der Waals surface area contributed by atoms with Crippen LogP contribution in [0.2, 0.25) is 0 Å². The summed E-state index contributed by atoms with van der Waals surface area (Å²) >= 11 is 3.76. The fraction of sp³-hybridized carbons (Fsp3) is 0. The number of hydrogen-bond donors (Lipinski definition) is 0. The Morgan fingerprint density at radius 2 is 0.412 bits per heavy atom. The molecule has 0 N–H and O–H groups in total. The van der Waals surface area contributed by atoms with Crippen molar-refractivity contribution in [2.75, 3.05) is 0 Å². The molecule has 0 aliphatic carbocycles. The number of nitrogens with zero attached hydrogens (tertiary/aromatic N) is 4. The van der Waals surface area contributed by atoms with Crippen molar-refractivity contribution in [3.8, 4) is 89.5 Å². The van der Waals surface area contributed by atoms with E-state index in [1.807, 2.05) is 22.7 Å². The predicted octanol–water partition coefficient (Wildman–Crippen LogP) is 30.5. The Balaban J connectivity index is 0.000000135. The van der Waals surface area contributed by atoms with E-state index in [0.29, 0.717) is 0 Å². The first-order valence-electron chi connectivity index (χ1n) is 39.0. The van der Waals surface area contributed by atoms with Crippen LogP contribution in [0.15, 0.2) is 413 Å². The van der Waals surface area contributed by atoms with Crippen LogP contribution in [0.5, 0.6) is 0 Å². The molecule has 0 spiro atoms. The van der Waals surface area contributed by atoms with Crippen molar-refractivity contribution in [2.45, 2.75) is 0 Å². The van der Waals surface area contributed by atoms with Gasteiger partial charge >= 0.3 is 0 Å². The SMILES string of the molecule is c1ccc(-c2ccc(-n3c4ccccc4c4cc(-c5ccc6c(c5)c5cc(-c7ccc8c(c7)sc7ccccc78)ccc5n6-c5ccccc5)ccc43)cc2)cc1.c1ccc(-c2ccc(-n3c4ccccc4c4cc(-c5ccc6c(c5)c5cc(-c7cccc8c7sc7ccccc78)ccc5n6-c5ccccc5)ccc43)cc2)cc1. The van der Waals surface area contributed by atoms with Crippen LogP contribution in [0, 0.1) is 0 Å². The Hall–Kier alpha value is -14.4. The maximum absolute atomic E-state index is 2.42. The van der Waals surface area contributed by atoms with Crippen molar-refractivity contribution in [3.05, 3.63) is 413 Å². The van der Waals surface area contributed by atoms with Gasteiger partial charge in [-0.25, -0.2) is 0 Å². The second kappa shape index (κ2) is 26.7. The van der Waals surface area contributed by atoms with Gasteiger partial charge in [-0.3, -0.25) is 0 Å². The topological polar surface area (TPSA) is 19.7 Å². The zero-order valence-electron chi connectivity index (χ0n) is 61.9. The van der Waals surface area contributed by atoms with Gasteiger partial charge in [-0.05, 0) is 218 Å². The molecule has 6 aromatic heterocycles. The monoisotopic (exact) mass is 1480 g/mol. The molecule has 114 heavy (non-hydrogen) atoms. The number of benzene rings is 18. The molecule has 24 aromatic rings. The summed E-state index contributed by atoms with van der Waals surface area (Å²) in [5, 5.41) is 15.3. The Morgan fingerprint density at radius 3 is 0.842 bits per heavy atom. The quantitative estimate of drug-likeness (QED) is 0.130. The lowest BCUT2D eigenvalue weighted by molar-refractivity contribution is 1.18. The lowest BCUT2D eigenvalue weighted by Gasteiger charge is -2.10. The molecule has 6 heteroatoms. The molecule has 0 saturated carbocycles. The predicted molar refractivity (Wildman–Crippen MR) is 489 cm³/mol. The van der Waals surface area contributed by atoms with Crippen LogP contribution in [-0.2, 0) is 0 Å². The fourth-order valence-electron chi connectivity index (χ4n) is 18.1. The highest BCUT2D eigenvalue weighted by molar-refractivity contribution is 7.26. The van der Waals surface area contributed by atoms with Crippen molar-refractivity contribution < 1.29 is 0 Å². The second-order valence-corrected chi connectivity index (χ2v) is 32.0. The number of thiophene rings is 2. The summed E-state index contributed by atoms with van der Waals surface area (Å²) < 4.78 is 14.9. The van der Waals surface area contributed by atoms with Crippen molar-refractivity contribution in [1.82, 2.24) is 18.3 Å². The van der Waals surface area contributed by atoms with Crippen LogP contribution in [0.4, 0.5) is 0 Å².